The number of carbonyl (C=O) groups excluding carboxylic acids is 1. The summed E-state index contributed by atoms with van der Waals surface area (Å²) < 4.78 is 0. The number of carbonyl (C=O) groups is 1. The van der Waals surface area contributed by atoms with Crippen LogP contribution in [0.5, 0.6) is 0 Å². The fourth-order valence-corrected chi connectivity index (χ4v) is 3.46. The number of amides is 1. The lowest BCUT2D eigenvalue weighted by Crippen LogP contribution is -2.38. The Hall–Kier alpha value is -1.27. The fourth-order valence-electron chi connectivity index (χ4n) is 2.44. The standard InChI is InChI=1S/C15H21N3OS2/c16-14(19)10-21-13-9-5-4-8-12(13)18-15(20)17-11-6-2-1-3-7-11/h4-5,8-9,11H,1-3,6-7,10H2,(H2,16,19)(H2,17,18,20). The SMILES string of the molecule is NC(=O)CSc1ccccc1NC(=S)NC1CCCCC1. The molecule has 1 aliphatic rings. The molecule has 1 aromatic carbocycles. The Labute approximate surface area is 135 Å². The molecule has 1 fully saturated rings. The maximum Gasteiger partial charge on any atom is 0.227 e. The highest BCUT2D eigenvalue weighted by Crippen LogP contribution is 2.26. The molecule has 2 rings (SSSR count). The number of hydrogen-bond acceptors (Lipinski definition) is 3. The number of rotatable bonds is 5. The summed E-state index contributed by atoms with van der Waals surface area (Å²) in [6.07, 6.45) is 6.22. The van der Waals surface area contributed by atoms with Crippen LogP contribution in [0.4, 0.5) is 5.69 Å². The number of para-hydroxylation sites is 1. The van der Waals surface area contributed by atoms with Gasteiger partial charge in [0.1, 0.15) is 0 Å². The third-order valence-corrected chi connectivity index (χ3v) is 4.76. The molecule has 4 nitrogen and oxygen atoms in total. The van der Waals surface area contributed by atoms with Gasteiger partial charge in [-0.3, -0.25) is 4.79 Å². The average Bonchev–Trinajstić information content (AvgIpc) is 2.47. The number of nitrogens with two attached hydrogens (primary N) is 1. The zero-order chi connectivity index (χ0) is 15.1. The van der Waals surface area contributed by atoms with E-state index in [0.717, 1.165) is 10.6 Å². The first kappa shape index (κ1) is 16.1. The number of primary amides is 1. The van der Waals surface area contributed by atoms with Crippen molar-refractivity contribution >= 4 is 40.7 Å². The quantitative estimate of drug-likeness (QED) is 0.574. The van der Waals surface area contributed by atoms with Gasteiger partial charge in [-0.2, -0.15) is 0 Å². The molecule has 21 heavy (non-hydrogen) atoms. The van der Waals surface area contributed by atoms with Crippen molar-refractivity contribution in [3.8, 4) is 0 Å². The van der Waals surface area contributed by atoms with Gasteiger partial charge in [-0.15, -0.1) is 11.8 Å². The number of thiocarbonyl (C=S) groups is 1. The highest BCUT2D eigenvalue weighted by molar-refractivity contribution is 8.00. The van der Waals surface area contributed by atoms with Gasteiger partial charge < -0.3 is 16.4 Å². The first-order valence-corrected chi connectivity index (χ1v) is 8.62. The van der Waals surface area contributed by atoms with E-state index in [-0.39, 0.29) is 11.7 Å². The molecule has 0 aromatic heterocycles. The third kappa shape index (κ3) is 5.55. The van der Waals surface area contributed by atoms with Crippen molar-refractivity contribution in [3.63, 3.8) is 0 Å². The lowest BCUT2D eigenvalue weighted by atomic mass is 9.96. The van der Waals surface area contributed by atoms with Crippen LogP contribution in [0, 0.1) is 0 Å². The minimum Gasteiger partial charge on any atom is -0.369 e. The minimum absolute atomic E-state index is 0.265. The van der Waals surface area contributed by atoms with Crippen LogP contribution in [-0.4, -0.2) is 22.8 Å². The lowest BCUT2D eigenvalue weighted by molar-refractivity contribution is -0.115. The number of nitrogens with one attached hydrogen (secondary N) is 2. The zero-order valence-corrected chi connectivity index (χ0v) is 13.6. The molecule has 1 aromatic rings. The van der Waals surface area contributed by atoms with Crippen molar-refractivity contribution in [2.24, 2.45) is 5.73 Å². The minimum atomic E-state index is -0.322. The van der Waals surface area contributed by atoms with Crippen LogP contribution in [0.1, 0.15) is 32.1 Å². The van der Waals surface area contributed by atoms with Crippen LogP contribution in [0.3, 0.4) is 0 Å². The molecule has 114 valence electrons. The Kier molecular flexibility index (Phi) is 6.32. The van der Waals surface area contributed by atoms with Gasteiger partial charge in [0, 0.05) is 10.9 Å². The molecule has 0 heterocycles. The molecule has 4 N–H and O–H groups in total. The van der Waals surface area contributed by atoms with Crippen LogP contribution in [-0.2, 0) is 4.79 Å². The van der Waals surface area contributed by atoms with E-state index in [1.807, 2.05) is 24.3 Å². The van der Waals surface area contributed by atoms with Gasteiger partial charge >= 0.3 is 0 Å². The Morgan fingerprint density at radius 2 is 2.00 bits per heavy atom. The van der Waals surface area contributed by atoms with Crippen LogP contribution >= 0.6 is 24.0 Å². The second-order valence-electron chi connectivity index (χ2n) is 5.18. The third-order valence-electron chi connectivity index (χ3n) is 3.45. The van der Waals surface area contributed by atoms with Gasteiger partial charge in [0.05, 0.1) is 11.4 Å². The van der Waals surface area contributed by atoms with Gasteiger partial charge in [0.2, 0.25) is 5.91 Å². The summed E-state index contributed by atoms with van der Waals surface area (Å²) in [5.74, 6) is -0.0562. The maximum atomic E-state index is 10.9. The van der Waals surface area contributed by atoms with E-state index in [0.29, 0.717) is 11.2 Å². The molecular formula is C15H21N3OS2. The van der Waals surface area contributed by atoms with Crippen molar-refractivity contribution in [2.75, 3.05) is 11.1 Å². The van der Waals surface area contributed by atoms with E-state index in [1.54, 1.807) is 0 Å². The molecule has 0 bridgehead atoms. The van der Waals surface area contributed by atoms with Gasteiger partial charge in [0.15, 0.2) is 5.11 Å². The molecule has 1 amide bonds. The van der Waals surface area contributed by atoms with Crippen LogP contribution < -0.4 is 16.4 Å². The maximum absolute atomic E-state index is 10.9. The monoisotopic (exact) mass is 323 g/mol. The molecular weight excluding hydrogens is 302 g/mol. The topological polar surface area (TPSA) is 67.2 Å². The summed E-state index contributed by atoms with van der Waals surface area (Å²) in [4.78, 5) is 11.9. The van der Waals surface area contributed by atoms with E-state index < -0.39 is 0 Å². The number of anilines is 1. The van der Waals surface area contributed by atoms with Crippen molar-refractivity contribution in [2.45, 2.75) is 43.0 Å². The van der Waals surface area contributed by atoms with E-state index >= 15 is 0 Å². The van der Waals surface area contributed by atoms with Crippen LogP contribution in [0.2, 0.25) is 0 Å². The summed E-state index contributed by atoms with van der Waals surface area (Å²) in [7, 11) is 0. The predicted molar refractivity (Wildman–Crippen MR) is 92.6 cm³/mol. The molecule has 0 atom stereocenters. The smallest absolute Gasteiger partial charge is 0.227 e. The summed E-state index contributed by atoms with van der Waals surface area (Å²) in [5.41, 5.74) is 6.11. The second kappa shape index (κ2) is 8.24. The second-order valence-corrected chi connectivity index (χ2v) is 6.61. The molecule has 0 aliphatic heterocycles. The molecule has 0 spiro atoms. The van der Waals surface area contributed by atoms with Crippen molar-refractivity contribution in [1.82, 2.24) is 5.32 Å². The normalized spacial score (nSPS) is 15.4. The molecule has 1 saturated carbocycles. The Bertz CT molecular complexity index is 501. The molecule has 0 radical (unpaired) electrons. The van der Waals surface area contributed by atoms with Gasteiger partial charge in [-0.25, -0.2) is 0 Å². The molecule has 1 aliphatic carbocycles. The molecule has 0 saturated heterocycles. The zero-order valence-electron chi connectivity index (χ0n) is 11.9. The van der Waals surface area contributed by atoms with E-state index in [4.69, 9.17) is 18.0 Å². The summed E-state index contributed by atoms with van der Waals surface area (Å²) in [5, 5.41) is 7.26. The summed E-state index contributed by atoms with van der Waals surface area (Å²) in [6, 6.07) is 8.27. The lowest BCUT2D eigenvalue weighted by Gasteiger charge is -2.24. The van der Waals surface area contributed by atoms with Gasteiger partial charge in [-0.05, 0) is 37.2 Å². The summed E-state index contributed by atoms with van der Waals surface area (Å²) in [6.45, 7) is 0. The summed E-state index contributed by atoms with van der Waals surface area (Å²) >= 11 is 6.81. The highest BCUT2D eigenvalue weighted by Gasteiger charge is 2.14. The number of benzene rings is 1. The van der Waals surface area contributed by atoms with Gasteiger partial charge in [0.25, 0.3) is 0 Å². The Morgan fingerprint density at radius 3 is 2.71 bits per heavy atom. The predicted octanol–water partition coefficient (Wildman–Crippen LogP) is 2.88. The molecule has 6 heteroatoms. The van der Waals surface area contributed by atoms with Crippen molar-refractivity contribution < 1.29 is 4.79 Å². The van der Waals surface area contributed by atoms with Crippen molar-refractivity contribution in [1.29, 1.82) is 0 Å². The van der Waals surface area contributed by atoms with Crippen molar-refractivity contribution in [3.05, 3.63) is 24.3 Å². The number of thioether (sulfide) groups is 1. The van der Waals surface area contributed by atoms with E-state index in [2.05, 4.69) is 10.6 Å². The highest BCUT2D eigenvalue weighted by atomic mass is 32.2. The van der Waals surface area contributed by atoms with Gasteiger partial charge in [-0.1, -0.05) is 31.4 Å². The van der Waals surface area contributed by atoms with E-state index in [9.17, 15) is 4.79 Å². The Balaban J connectivity index is 1.91. The van der Waals surface area contributed by atoms with Crippen LogP contribution in [0.15, 0.2) is 29.2 Å². The number of hydrogen-bond donors (Lipinski definition) is 3. The average molecular weight is 323 g/mol. The first-order chi connectivity index (χ1) is 10.1. The first-order valence-electron chi connectivity index (χ1n) is 7.23. The Morgan fingerprint density at radius 1 is 1.29 bits per heavy atom. The van der Waals surface area contributed by atoms with E-state index in [1.165, 1.54) is 43.9 Å². The van der Waals surface area contributed by atoms with Crippen LogP contribution in [0.25, 0.3) is 0 Å². The largest absolute Gasteiger partial charge is 0.369 e. The molecule has 0 unspecified atom stereocenters. The fraction of sp³-hybridized carbons (Fsp3) is 0.467.